The quantitative estimate of drug-likeness (QED) is 0.359. The Hall–Kier alpha value is -3.35. The molecule has 2 atom stereocenters. The van der Waals surface area contributed by atoms with E-state index in [2.05, 4.69) is 32.4 Å². The van der Waals surface area contributed by atoms with E-state index in [1.54, 1.807) is 18.2 Å². The maximum atomic E-state index is 13.7. The number of halogens is 2. The number of ether oxygens (including phenoxy) is 4. The fraction of sp³-hybridized carbons (Fsp3) is 0.414. The first kappa shape index (κ1) is 27.8. The number of likely N-dealkylation sites (tertiary alicyclic amines) is 1. The van der Waals surface area contributed by atoms with E-state index in [9.17, 15) is 9.18 Å². The molecule has 6 rings (SSSR count). The number of hydrogen-bond acceptors (Lipinski definition) is 9. The van der Waals surface area contributed by atoms with Gasteiger partial charge in [0, 0.05) is 48.3 Å². The largest absolute Gasteiger partial charge is 0.491 e. The highest BCUT2D eigenvalue weighted by atomic mass is 35.5. The minimum atomic E-state index is -0.514. The van der Waals surface area contributed by atoms with Gasteiger partial charge in [0.15, 0.2) is 0 Å². The number of anilines is 3. The Balaban J connectivity index is 1.21. The van der Waals surface area contributed by atoms with Crippen molar-refractivity contribution in [3.05, 3.63) is 59.7 Å². The second-order valence-corrected chi connectivity index (χ2v) is 11.3. The van der Waals surface area contributed by atoms with Crippen molar-refractivity contribution in [2.75, 3.05) is 63.3 Å². The average Bonchev–Trinajstić information content (AvgIpc) is 3.36. The van der Waals surface area contributed by atoms with E-state index in [1.165, 1.54) is 24.5 Å². The van der Waals surface area contributed by atoms with Gasteiger partial charge in [0.05, 0.1) is 61.5 Å². The van der Waals surface area contributed by atoms with Crippen LogP contribution in [-0.4, -0.2) is 85.7 Å². The molecular formula is C29H31ClFN5O5. The summed E-state index contributed by atoms with van der Waals surface area (Å²) >= 11 is 5.96. The summed E-state index contributed by atoms with van der Waals surface area (Å²) in [5.74, 6) is 0.141. The molecule has 3 aliphatic heterocycles. The van der Waals surface area contributed by atoms with Crippen molar-refractivity contribution >= 4 is 45.6 Å². The standard InChI is InChI=1S/C29H31ClFN5O5/c1-29(14-38-15-29)16-41-24-11-22-19(28(33-17-32-22)34-18-4-5-21(31)20(30)9-18)10-23(24)35-27(37)3-2-6-36-12-25-26(13-36)40-8-7-39-25/h2-5,9-11,17,25-26H,6-8,12-16H2,1H3,(H,35,37)(H,32,33,34)/t25-,26+. The minimum absolute atomic E-state index is 0.00926. The van der Waals surface area contributed by atoms with Gasteiger partial charge in [0.2, 0.25) is 5.91 Å². The molecule has 12 heteroatoms. The lowest BCUT2D eigenvalue weighted by atomic mass is 9.90. The Morgan fingerprint density at radius 1 is 1.20 bits per heavy atom. The van der Waals surface area contributed by atoms with Crippen LogP contribution in [0.15, 0.2) is 48.8 Å². The van der Waals surface area contributed by atoms with Gasteiger partial charge in [-0.1, -0.05) is 24.6 Å². The summed E-state index contributed by atoms with van der Waals surface area (Å²) in [4.78, 5) is 24.0. The van der Waals surface area contributed by atoms with Crippen LogP contribution in [0.3, 0.4) is 0 Å². The normalized spacial score (nSPS) is 21.9. The zero-order chi connectivity index (χ0) is 28.4. The zero-order valence-electron chi connectivity index (χ0n) is 22.6. The van der Waals surface area contributed by atoms with Crippen LogP contribution in [-0.2, 0) is 19.0 Å². The molecular weight excluding hydrogens is 553 g/mol. The molecule has 10 nitrogen and oxygen atoms in total. The lowest BCUT2D eigenvalue weighted by Gasteiger charge is -2.37. The number of fused-ring (bicyclic) bond motifs is 2. The molecule has 0 unspecified atom stereocenters. The molecule has 1 amide bonds. The molecule has 2 aromatic carbocycles. The Morgan fingerprint density at radius 2 is 1.98 bits per heavy atom. The Labute approximate surface area is 241 Å². The van der Waals surface area contributed by atoms with Crippen LogP contribution in [0.25, 0.3) is 10.9 Å². The molecule has 41 heavy (non-hydrogen) atoms. The van der Waals surface area contributed by atoms with E-state index in [0.29, 0.717) is 73.4 Å². The van der Waals surface area contributed by atoms with Gasteiger partial charge >= 0.3 is 0 Å². The summed E-state index contributed by atoms with van der Waals surface area (Å²) < 4.78 is 36.8. The molecule has 0 bridgehead atoms. The number of carbonyl (C=O) groups is 1. The molecule has 0 saturated carbocycles. The lowest BCUT2D eigenvalue weighted by molar-refractivity contribution is -0.120. The van der Waals surface area contributed by atoms with Gasteiger partial charge in [-0.25, -0.2) is 14.4 Å². The van der Waals surface area contributed by atoms with Crippen LogP contribution in [0.4, 0.5) is 21.6 Å². The third-order valence-electron chi connectivity index (χ3n) is 7.33. The number of nitrogens with one attached hydrogen (secondary N) is 2. The summed E-state index contributed by atoms with van der Waals surface area (Å²) in [5, 5.41) is 6.75. The van der Waals surface area contributed by atoms with Gasteiger partial charge in [-0.05, 0) is 24.3 Å². The summed E-state index contributed by atoms with van der Waals surface area (Å²) in [5.41, 5.74) is 1.53. The second-order valence-electron chi connectivity index (χ2n) is 10.9. The van der Waals surface area contributed by atoms with Crippen LogP contribution in [0.1, 0.15) is 6.92 Å². The number of hydrogen-bond donors (Lipinski definition) is 2. The molecule has 0 spiro atoms. The van der Waals surface area contributed by atoms with Crippen molar-refractivity contribution in [1.82, 2.24) is 14.9 Å². The smallest absolute Gasteiger partial charge is 0.248 e. The Bertz CT molecular complexity index is 1460. The Morgan fingerprint density at radius 3 is 2.68 bits per heavy atom. The van der Waals surface area contributed by atoms with E-state index in [4.69, 9.17) is 30.5 Å². The van der Waals surface area contributed by atoms with Crippen molar-refractivity contribution in [3.8, 4) is 5.75 Å². The minimum Gasteiger partial charge on any atom is -0.491 e. The SMILES string of the molecule is CC1(COc2cc3ncnc(Nc4ccc(F)c(Cl)c4)c3cc2NC(=O)C=CCN2C[C@@H]3OCCO[C@@H]3C2)COC1. The molecule has 3 fully saturated rings. The van der Waals surface area contributed by atoms with E-state index in [0.717, 1.165) is 13.1 Å². The van der Waals surface area contributed by atoms with E-state index >= 15 is 0 Å². The van der Waals surface area contributed by atoms with Gasteiger partial charge in [0.1, 0.15) is 23.7 Å². The monoisotopic (exact) mass is 583 g/mol. The fourth-order valence-electron chi connectivity index (χ4n) is 5.07. The highest BCUT2D eigenvalue weighted by molar-refractivity contribution is 6.31. The van der Waals surface area contributed by atoms with Gasteiger partial charge in [-0.15, -0.1) is 0 Å². The molecule has 3 aliphatic rings. The first-order chi connectivity index (χ1) is 19.8. The van der Waals surface area contributed by atoms with Gasteiger partial charge in [-0.2, -0.15) is 0 Å². The van der Waals surface area contributed by atoms with Crippen LogP contribution in [0, 0.1) is 11.2 Å². The highest BCUT2D eigenvalue weighted by Gasteiger charge is 2.36. The maximum absolute atomic E-state index is 13.7. The average molecular weight is 584 g/mol. The van der Waals surface area contributed by atoms with Crippen LogP contribution in [0.2, 0.25) is 5.02 Å². The summed E-state index contributed by atoms with van der Waals surface area (Å²) in [6.45, 7) is 7.11. The molecule has 2 N–H and O–H groups in total. The predicted molar refractivity (Wildman–Crippen MR) is 152 cm³/mol. The number of amides is 1. The number of carbonyl (C=O) groups excluding carboxylic acids is 1. The second kappa shape index (κ2) is 11.9. The molecule has 216 valence electrons. The lowest BCUT2D eigenvalue weighted by Crippen LogP contribution is -2.44. The van der Waals surface area contributed by atoms with Crippen LogP contribution >= 0.6 is 11.6 Å². The van der Waals surface area contributed by atoms with Gasteiger partial charge in [0.25, 0.3) is 0 Å². The number of benzene rings is 2. The summed E-state index contributed by atoms with van der Waals surface area (Å²) in [6.07, 6.45) is 4.94. The first-order valence-corrected chi connectivity index (χ1v) is 13.9. The van der Waals surface area contributed by atoms with E-state index < -0.39 is 5.82 Å². The summed E-state index contributed by atoms with van der Waals surface area (Å²) in [7, 11) is 0. The number of aromatic nitrogens is 2. The number of nitrogens with zero attached hydrogens (tertiary/aromatic N) is 3. The predicted octanol–water partition coefficient (Wildman–Crippen LogP) is 4.18. The summed E-state index contributed by atoms with van der Waals surface area (Å²) in [6, 6.07) is 7.86. The molecule has 1 aromatic heterocycles. The highest BCUT2D eigenvalue weighted by Crippen LogP contribution is 2.36. The molecule has 0 aliphatic carbocycles. The van der Waals surface area contributed by atoms with Crippen molar-refractivity contribution in [2.24, 2.45) is 5.41 Å². The van der Waals surface area contributed by atoms with E-state index in [1.807, 2.05) is 6.08 Å². The molecule has 0 radical (unpaired) electrons. The van der Waals surface area contributed by atoms with E-state index in [-0.39, 0.29) is 28.6 Å². The van der Waals surface area contributed by atoms with Crippen molar-refractivity contribution in [1.29, 1.82) is 0 Å². The zero-order valence-corrected chi connectivity index (χ0v) is 23.3. The molecule has 3 saturated heterocycles. The van der Waals surface area contributed by atoms with Crippen molar-refractivity contribution in [3.63, 3.8) is 0 Å². The van der Waals surface area contributed by atoms with Crippen molar-refractivity contribution < 1.29 is 28.1 Å². The fourth-order valence-corrected chi connectivity index (χ4v) is 5.25. The third-order valence-corrected chi connectivity index (χ3v) is 7.61. The molecule has 4 heterocycles. The maximum Gasteiger partial charge on any atom is 0.248 e. The molecule has 3 aromatic rings. The topological polar surface area (TPSA) is 107 Å². The Kier molecular flexibility index (Phi) is 8.05. The van der Waals surface area contributed by atoms with Gasteiger partial charge < -0.3 is 29.6 Å². The first-order valence-electron chi connectivity index (χ1n) is 13.5. The number of rotatable bonds is 9. The third kappa shape index (κ3) is 6.44. The van der Waals surface area contributed by atoms with Crippen LogP contribution in [0.5, 0.6) is 5.75 Å². The van der Waals surface area contributed by atoms with Crippen molar-refractivity contribution in [2.45, 2.75) is 19.1 Å². The van der Waals surface area contributed by atoms with Gasteiger partial charge in [-0.3, -0.25) is 9.69 Å². The van der Waals surface area contributed by atoms with Crippen LogP contribution < -0.4 is 15.4 Å².